The number of allylic oxidation sites excluding steroid dienone is 1. The summed E-state index contributed by atoms with van der Waals surface area (Å²) in [5, 5.41) is 11.1. The van der Waals surface area contributed by atoms with E-state index in [1.165, 1.54) is 22.3 Å². The molecule has 5 heteroatoms. The van der Waals surface area contributed by atoms with Gasteiger partial charge in [-0.2, -0.15) is 0 Å². The van der Waals surface area contributed by atoms with Crippen LogP contribution in [-0.4, -0.2) is 40.1 Å². The number of benzene rings is 1. The third-order valence-electron chi connectivity index (χ3n) is 9.10. The molecule has 1 unspecified atom stereocenters. The van der Waals surface area contributed by atoms with Gasteiger partial charge in [0.25, 0.3) is 0 Å². The van der Waals surface area contributed by atoms with Gasteiger partial charge in [-0.15, -0.1) is 0 Å². The Morgan fingerprint density at radius 1 is 0.824 bits per heavy atom. The van der Waals surface area contributed by atoms with Crippen LogP contribution in [0.2, 0.25) is 36.3 Å². The molecule has 0 heterocycles. The second-order valence-electron chi connectivity index (χ2n) is 13.9. The normalized spacial score (nSPS) is 25.5. The van der Waals surface area contributed by atoms with Crippen LogP contribution in [0.3, 0.4) is 0 Å². The largest absolute Gasteiger partial charge is 0.414 e. The van der Waals surface area contributed by atoms with Gasteiger partial charge in [-0.25, -0.2) is 0 Å². The average Bonchev–Trinajstić information content (AvgIpc) is 3.05. The molecule has 34 heavy (non-hydrogen) atoms. The Hall–Kier alpha value is -0.726. The minimum atomic E-state index is -1.91. The highest BCUT2D eigenvalue weighted by Gasteiger charge is 2.45. The van der Waals surface area contributed by atoms with Gasteiger partial charge in [0.05, 0.1) is 6.10 Å². The van der Waals surface area contributed by atoms with E-state index in [1.54, 1.807) is 0 Å². The van der Waals surface area contributed by atoms with Gasteiger partial charge < -0.3 is 14.0 Å². The Balaban J connectivity index is 1.98. The number of aliphatic hydroxyl groups is 1. The summed E-state index contributed by atoms with van der Waals surface area (Å²) in [4.78, 5) is 0. The van der Waals surface area contributed by atoms with E-state index in [4.69, 9.17) is 8.85 Å². The zero-order chi connectivity index (χ0) is 25.7. The monoisotopic (exact) mass is 502 g/mol. The average molecular weight is 503 g/mol. The maximum absolute atomic E-state index is 10.7. The first-order valence-corrected chi connectivity index (χ1v) is 19.1. The fraction of sp³-hybridized carbons (Fsp3) is 0.724. The molecule has 0 bridgehead atoms. The first-order valence-electron chi connectivity index (χ1n) is 13.3. The number of aliphatic hydroxyl groups excluding tert-OH is 1. The van der Waals surface area contributed by atoms with Gasteiger partial charge in [-0.05, 0) is 97.1 Å². The second kappa shape index (κ2) is 9.62. The van der Waals surface area contributed by atoms with Crippen molar-refractivity contribution in [2.24, 2.45) is 5.92 Å². The molecule has 192 valence electrons. The minimum Gasteiger partial charge on any atom is -0.414 e. The molecule has 0 aromatic heterocycles. The molecule has 0 radical (unpaired) electrons. The van der Waals surface area contributed by atoms with Crippen LogP contribution >= 0.6 is 0 Å². The molecule has 2 aliphatic rings. The van der Waals surface area contributed by atoms with E-state index < -0.39 is 22.7 Å². The van der Waals surface area contributed by atoms with Crippen molar-refractivity contribution in [2.75, 3.05) is 0 Å². The highest BCUT2D eigenvalue weighted by Crippen LogP contribution is 2.48. The van der Waals surface area contributed by atoms with Crippen LogP contribution in [0.15, 0.2) is 29.8 Å². The van der Waals surface area contributed by atoms with Crippen LogP contribution in [0, 0.1) is 5.92 Å². The quantitative estimate of drug-likeness (QED) is 0.401. The third-order valence-corrected chi connectivity index (χ3v) is 18.2. The van der Waals surface area contributed by atoms with Gasteiger partial charge in [0.15, 0.2) is 16.6 Å². The van der Waals surface area contributed by atoms with Crippen LogP contribution in [0.5, 0.6) is 0 Å². The standard InChI is InChI=1S/C29H50O3Si2/c1-20(30)26-18-21-14-12-13-15-25(21)27(26)22-16-23(31-33(8,9)28(2,3)4)19-24(17-22)32-34(10,11)29(5,6)7/h12-15,20,22-24,30H,16-19H2,1-11H3/t20?,23-,24-/m1/s1. The molecule has 2 aliphatic carbocycles. The molecule has 1 saturated carbocycles. The van der Waals surface area contributed by atoms with Crippen LogP contribution in [0.25, 0.3) is 5.57 Å². The molecular weight excluding hydrogens is 452 g/mol. The van der Waals surface area contributed by atoms with E-state index in [0.717, 1.165) is 25.7 Å². The molecule has 3 atom stereocenters. The second-order valence-corrected chi connectivity index (χ2v) is 23.4. The summed E-state index contributed by atoms with van der Waals surface area (Å²) in [7, 11) is -3.81. The zero-order valence-electron chi connectivity index (χ0n) is 23.7. The van der Waals surface area contributed by atoms with Crippen LogP contribution in [-0.2, 0) is 15.3 Å². The Morgan fingerprint density at radius 3 is 1.74 bits per heavy atom. The molecule has 3 rings (SSSR count). The van der Waals surface area contributed by atoms with Crippen molar-refractivity contribution >= 4 is 22.2 Å². The van der Waals surface area contributed by atoms with Gasteiger partial charge in [0.1, 0.15) is 0 Å². The fourth-order valence-electron chi connectivity index (χ4n) is 5.10. The van der Waals surface area contributed by atoms with Crippen LogP contribution in [0.1, 0.15) is 78.9 Å². The highest BCUT2D eigenvalue weighted by atomic mass is 28.4. The molecular formula is C29H50O3Si2. The first kappa shape index (κ1) is 27.9. The van der Waals surface area contributed by atoms with Gasteiger partial charge in [-0.1, -0.05) is 65.8 Å². The molecule has 1 fully saturated rings. The van der Waals surface area contributed by atoms with Crippen molar-refractivity contribution in [3.8, 4) is 0 Å². The maximum atomic E-state index is 10.7. The lowest BCUT2D eigenvalue weighted by Gasteiger charge is -2.46. The summed E-state index contributed by atoms with van der Waals surface area (Å²) in [6.45, 7) is 25.3. The molecule has 0 saturated heterocycles. The van der Waals surface area contributed by atoms with E-state index in [-0.39, 0.29) is 22.3 Å². The molecule has 0 spiro atoms. The number of fused-ring (bicyclic) bond motifs is 1. The van der Waals surface area contributed by atoms with Crippen molar-refractivity contribution in [1.82, 2.24) is 0 Å². The van der Waals surface area contributed by atoms with Crippen LogP contribution < -0.4 is 0 Å². The van der Waals surface area contributed by atoms with Crippen molar-refractivity contribution in [3.05, 3.63) is 41.0 Å². The SMILES string of the molecule is CC(O)C1=C(C2C[C@@H](O[Si](C)(C)C(C)(C)C)C[C@H](O[Si](C)(C)C(C)(C)C)C2)c2ccccc2C1. The first-order chi connectivity index (χ1) is 15.4. The highest BCUT2D eigenvalue weighted by molar-refractivity contribution is 6.74. The molecule has 1 N–H and O–H groups in total. The number of rotatable bonds is 6. The van der Waals surface area contributed by atoms with Gasteiger partial charge in [0, 0.05) is 12.2 Å². The Morgan fingerprint density at radius 2 is 1.29 bits per heavy atom. The van der Waals surface area contributed by atoms with Crippen molar-refractivity contribution in [3.63, 3.8) is 0 Å². The molecule has 1 aromatic rings. The van der Waals surface area contributed by atoms with Gasteiger partial charge >= 0.3 is 0 Å². The summed E-state index contributed by atoms with van der Waals surface area (Å²) >= 11 is 0. The van der Waals surface area contributed by atoms with E-state index in [9.17, 15) is 5.11 Å². The maximum Gasteiger partial charge on any atom is 0.192 e. The van der Waals surface area contributed by atoms with E-state index in [0.29, 0.717) is 5.92 Å². The lowest BCUT2D eigenvalue weighted by molar-refractivity contribution is 0.0381. The topological polar surface area (TPSA) is 38.7 Å². The number of hydrogen-bond acceptors (Lipinski definition) is 3. The van der Waals surface area contributed by atoms with E-state index in [2.05, 4.69) is 92.0 Å². The predicted molar refractivity (Wildman–Crippen MR) is 150 cm³/mol. The van der Waals surface area contributed by atoms with Crippen LogP contribution in [0.4, 0.5) is 0 Å². The third kappa shape index (κ3) is 5.80. The predicted octanol–water partition coefficient (Wildman–Crippen LogP) is 7.96. The summed E-state index contributed by atoms with van der Waals surface area (Å²) < 4.78 is 14.1. The van der Waals surface area contributed by atoms with E-state index in [1.807, 2.05) is 6.92 Å². The lowest BCUT2D eigenvalue weighted by Crippen LogP contribution is -2.50. The number of hydrogen-bond donors (Lipinski definition) is 1. The summed E-state index contributed by atoms with van der Waals surface area (Å²) in [5.41, 5.74) is 5.26. The fourth-order valence-corrected chi connectivity index (χ4v) is 7.86. The molecule has 0 amide bonds. The summed E-state index contributed by atoms with van der Waals surface area (Å²) in [6.07, 6.45) is 3.85. The Labute approximate surface area is 211 Å². The Bertz CT molecular complexity index is 867. The van der Waals surface area contributed by atoms with Crippen molar-refractivity contribution in [2.45, 2.75) is 129 Å². The summed E-state index contributed by atoms with van der Waals surface area (Å²) in [5.74, 6) is 0.353. The summed E-state index contributed by atoms with van der Waals surface area (Å²) in [6, 6.07) is 8.73. The van der Waals surface area contributed by atoms with E-state index >= 15 is 0 Å². The zero-order valence-corrected chi connectivity index (χ0v) is 25.7. The minimum absolute atomic E-state index is 0.180. The smallest absolute Gasteiger partial charge is 0.192 e. The van der Waals surface area contributed by atoms with Gasteiger partial charge in [-0.3, -0.25) is 0 Å². The Kier molecular flexibility index (Phi) is 7.88. The van der Waals surface area contributed by atoms with Crippen molar-refractivity contribution < 1.29 is 14.0 Å². The van der Waals surface area contributed by atoms with Crippen molar-refractivity contribution in [1.29, 1.82) is 0 Å². The molecule has 1 aromatic carbocycles. The molecule has 0 aliphatic heterocycles. The lowest BCUT2D eigenvalue weighted by atomic mass is 9.77. The van der Waals surface area contributed by atoms with Gasteiger partial charge in [0.2, 0.25) is 0 Å². The molecule has 3 nitrogen and oxygen atoms in total.